The Labute approximate surface area is 59.4 Å². The molecule has 10 heavy (non-hydrogen) atoms. The largest absolute Gasteiger partial charge is 0.507 e. The Morgan fingerprint density at radius 1 is 1.40 bits per heavy atom. The van der Waals surface area contributed by atoms with Crippen molar-refractivity contribution in [2.24, 2.45) is 0 Å². The molecule has 0 aromatic carbocycles. The van der Waals surface area contributed by atoms with E-state index in [1.807, 2.05) is 12.1 Å². The summed E-state index contributed by atoms with van der Waals surface area (Å²) < 4.78 is 0. The number of aliphatic hydroxyl groups is 1. The summed E-state index contributed by atoms with van der Waals surface area (Å²) in [7, 11) is 0. The maximum atomic E-state index is 9.07. The van der Waals surface area contributed by atoms with E-state index in [-0.39, 0.29) is 5.76 Å². The van der Waals surface area contributed by atoms with Crippen LogP contribution in [-0.4, -0.2) is 5.11 Å². The van der Waals surface area contributed by atoms with Crippen LogP contribution in [0.4, 0.5) is 0 Å². The number of nitriles is 1. The maximum absolute atomic E-state index is 9.07. The molecule has 0 saturated carbocycles. The lowest BCUT2D eigenvalue weighted by molar-refractivity contribution is 0.429. The van der Waals surface area contributed by atoms with E-state index < -0.39 is 0 Å². The van der Waals surface area contributed by atoms with Crippen molar-refractivity contribution in [3.8, 4) is 6.07 Å². The molecule has 2 nitrogen and oxygen atoms in total. The molecule has 0 unspecified atom stereocenters. The highest BCUT2D eigenvalue weighted by molar-refractivity contribution is 5.40. The van der Waals surface area contributed by atoms with Gasteiger partial charge in [-0.2, -0.15) is 5.26 Å². The topological polar surface area (TPSA) is 44.0 Å². The van der Waals surface area contributed by atoms with E-state index >= 15 is 0 Å². The van der Waals surface area contributed by atoms with E-state index in [4.69, 9.17) is 10.4 Å². The highest BCUT2D eigenvalue weighted by atomic mass is 16.3. The first-order valence-corrected chi connectivity index (χ1v) is 3.01. The molecule has 0 spiro atoms. The standard InChI is InChI=1S/C8H7NO/c9-6-7-4-2-1-3-5-8(7)10/h2-5,10H,1H2. The quantitative estimate of drug-likeness (QED) is 0.548. The maximum Gasteiger partial charge on any atom is 0.133 e. The molecule has 0 bridgehead atoms. The van der Waals surface area contributed by atoms with Crippen LogP contribution in [0.3, 0.4) is 0 Å². The van der Waals surface area contributed by atoms with Crippen molar-refractivity contribution in [3.63, 3.8) is 0 Å². The molecule has 0 fully saturated rings. The van der Waals surface area contributed by atoms with E-state index in [0.717, 1.165) is 6.42 Å². The summed E-state index contributed by atoms with van der Waals surface area (Å²) >= 11 is 0. The first-order chi connectivity index (χ1) is 4.84. The van der Waals surface area contributed by atoms with Crippen molar-refractivity contribution < 1.29 is 5.11 Å². The van der Waals surface area contributed by atoms with Crippen molar-refractivity contribution >= 4 is 0 Å². The Morgan fingerprint density at radius 3 is 2.80 bits per heavy atom. The van der Waals surface area contributed by atoms with E-state index in [0.29, 0.717) is 5.57 Å². The second-order valence-corrected chi connectivity index (χ2v) is 1.95. The summed E-state index contributed by atoms with van der Waals surface area (Å²) in [6, 6.07) is 1.89. The second kappa shape index (κ2) is 2.88. The fraction of sp³-hybridized carbons (Fsp3) is 0.125. The smallest absolute Gasteiger partial charge is 0.133 e. The van der Waals surface area contributed by atoms with E-state index in [1.165, 1.54) is 0 Å². The van der Waals surface area contributed by atoms with Crippen molar-refractivity contribution in [2.45, 2.75) is 6.42 Å². The van der Waals surface area contributed by atoms with Crippen molar-refractivity contribution in [3.05, 3.63) is 35.6 Å². The number of aliphatic hydroxyl groups excluding tert-OH is 1. The molecule has 0 radical (unpaired) electrons. The molecule has 50 valence electrons. The summed E-state index contributed by atoms with van der Waals surface area (Å²) in [5.74, 6) is 0.0521. The van der Waals surface area contributed by atoms with Crippen LogP contribution in [0, 0.1) is 11.3 Å². The summed E-state index contributed by atoms with van der Waals surface area (Å²) in [4.78, 5) is 0. The lowest BCUT2D eigenvalue weighted by Crippen LogP contribution is -1.79. The van der Waals surface area contributed by atoms with Gasteiger partial charge in [-0.05, 0) is 18.6 Å². The molecule has 1 rings (SSSR count). The highest BCUT2D eigenvalue weighted by Gasteiger charge is 1.98. The predicted molar refractivity (Wildman–Crippen MR) is 38.2 cm³/mol. The zero-order chi connectivity index (χ0) is 7.40. The molecular weight excluding hydrogens is 126 g/mol. The zero-order valence-electron chi connectivity index (χ0n) is 5.41. The van der Waals surface area contributed by atoms with Gasteiger partial charge < -0.3 is 5.11 Å². The fourth-order valence-electron chi connectivity index (χ4n) is 0.714. The zero-order valence-corrected chi connectivity index (χ0v) is 5.41. The molecule has 2 heteroatoms. The molecule has 0 aliphatic heterocycles. The highest BCUT2D eigenvalue weighted by Crippen LogP contribution is 2.08. The minimum atomic E-state index is 0.0521. The Hall–Kier alpha value is -1.49. The van der Waals surface area contributed by atoms with Gasteiger partial charge in [0.15, 0.2) is 0 Å². The van der Waals surface area contributed by atoms with Gasteiger partial charge in [-0.25, -0.2) is 0 Å². The summed E-state index contributed by atoms with van der Waals surface area (Å²) in [6.07, 6.45) is 7.57. The van der Waals surface area contributed by atoms with Crippen LogP contribution in [0.25, 0.3) is 0 Å². The van der Waals surface area contributed by atoms with Crippen LogP contribution < -0.4 is 0 Å². The van der Waals surface area contributed by atoms with Crippen molar-refractivity contribution in [2.75, 3.05) is 0 Å². The monoisotopic (exact) mass is 133 g/mol. The van der Waals surface area contributed by atoms with Crippen LogP contribution >= 0.6 is 0 Å². The Morgan fingerprint density at radius 2 is 2.10 bits per heavy atom. The van der Waals surface area contributed by atoms with Crippen LogP contribution in [0.2, 0.25) is 0 Å². The van der Waals surface area contributed by atoms with Crippen LogP contribution in [0.5, 0.6) is 0 Å². The number of hydrogen-bond donors (Lipinski definition) is 1. The second-order valence-electron chi connectivity index (χ2n) is 1.95. The minimum absolute atomic E-state index is 0.0521. The van der Waals surface area contributed by atoms with Gasteiger partial charge in [-0.3, -0.25) is 0 Å². The van der Waals surface area contributed by atoms with Crippen LogP contribution in [0.1, 0.15) is 6.42 Å². The van der Waals surface area contributed by atoms with Crippen molar-refractivity contribution in [1.29, 1.82) is 5.26 Å². The summed E-state index contributed by atoms with van der Waals surface area (Å²) in [5, 5.41) is 17.5. The molecular formula is C8H7NO. The normalized spacial score (nSPS) is 16.7. The third kappa shape index (κ3) is 1.26. The summed E-state index contributed by atoms with van der Waals surface area (Å²) in [6.45, 7) is 0. The molecule has 0 atom stereocenters. The van der Waals surface area contributed by atoms with Gasteiger partial charge >= 0.3 is 0 Å². The van der Waals surface area contributed by atoms with Gasteiger partial charge in [-0.15, -0.1) is 0 Å². The van der Waals surface area contributed by atoms with E-state index in [2.05, 4.69) is 0 Å². The molecule has 0 saturated heterocycles. The third-order valence-corrected chi connectivity index (χ3v) is 1.23. The van der Waals surface area contributed by atoms with Crippen LogP contribution in [-0.2, 0) is 0 Å². The van der Waals surface area contributed by atoms with Gasteiger partial charge in [-0.1, -0.05) is 12.2 Å². The molecule has 0 amide bonds. The molecule has 0 heterocycles. The molecule has 0 aromatic rings. The van der Waals surface area contributed by atoms with Crippen molar-refractivity contribution in [1.82, 2.24) is 0 Å². The third-order valence-electron chi connectivity index (χ3n) is 1.23. The van der Waals surface area contributed by atoms with Gasteiger partial charge in [0, 0.05) is 0 Å². The molecule has 0 aromatic heterocycles. The summed E-state index contributed by atoms with van der Waals surface area (Å²) in [5.41, 5.74) is 0.328. The average molecular weight is 133 g/mol. The van der Waals surface area contributed by atoms with E-state index in [9.17, 15) is 0 Å². The number of nitrogens with zero attached hydrogens (tertiary/aromatic N) is 1. The van der Waals surface area contributed by atoms with Gasteiger partial charge in [0.25, 0.3) is 0 Å². The van der Waals surface area contributed by atoms with Gasteiger partial charge in [0.05, 0.1) is 5.57 Å². The number of rotatable bonds is 0. The predicted octanol–water partition coefficient (Wildman–Crippen LogP) is 1.84. The minimum Gasteiger partial charge on any atom is -0.507 e. The Kier molecular flexibility index (Phi) is 1.91. The van der Waals surface area contributed by atoms with E-state index in [1.54, 1.807) is 18.2 Å². The fourth-order valence-corrected chi connectivity index (χ4v) is 0.714. The average Bonchev–Trinajstić information content (AvgIpc) is 2.13. The number of hydrogen-bond acceptors (Lipinski definition) is 2. The molecule has 1 N–H and O–H groups in total. The van der Waals surface area contributed by atoms with Gasteiger partial charge in [0.2, 0.25) is 0 Å². The van der Waals surface area contributed by atoms with Gasteiger partial charge in [0.1, 0.15) is 11.8 Å². The Bertz CT molecular complexity index is 253. The first-order valence-electron chi connectivity index (χ1n) is 3.01. The Balaban J connectivity index is 3.02. The lowest BCUT2D eigenvalue weighted by atomic mass is 10.2. The van der Waals surface area contributed by atoms with Crippen LogP contribution in [0.15, 0.2) is 35.6 Å². The molecule has 1 aliphatic rings. The first kappa shape index (κ1) is 6.63. The lowest BCUT2D eigenvalue weighted by Gasteiger charge is -1.88. The SMILES string of the molecule is N#CC1=C(O)C=CCC=C1. The molecule has 1 aliphatic carbocycles. The number of allylic oxidation sites excluding steroid dienone is 5.